The molecule has 0 fully saturated rings. The minimum atomic E-state index is -0.0145. The summed E-state index contributed by atoms with van der Waals surface area (Å²) in [5.41, 5.74) is 0.582. The highest BCUT2D eigenvalue weighted by Crippen LogP contribution is 2.20. The van der Waals surface area contributed by atoms with Crippen LogP contribution in [0.25, 0.3) is 0 Å². The quantitative estimate of drug-likeness (QED) is 0.578. The molecule has 0 saturated heterocycles. The molecule has 0 unspecified atom stereocenters. The molecule has 0 spiro atoms. The number of rotatable bonds is 7. The summed E-state index contributed by atoms with van der Waals surface area (Å²) in [4.78, 5) is 11.5. The minimum Gasteiger partial charge on any atom is -0.497 e. The van der Waals surface area contributed by atoms with Crippen LogP contribution in [0.3, 0.4) is 0 Å². The summed E-state index contributed by atoms with van der Waals surface area (Å²) >= 11 is 0. The predicted octanol–water partition coefficient (Wildman–Crippen LogP) is 3.36. The standard InChI is InChI=1S/C17H18O4/c1-13(18)16-8-3-4-9-17(16)21-11-10-20-15-7-5-6-14(12-15)19-2/h3-9,12H,10-11H2,1-2H3. The molecule has 0 saturated carbocycles. The van der Waals surface area contributed by atoms with Crippen LogP contribution in [0.2, 0.25) is 0 Å². The van der Waals surface area contributed by atoms with Crippen molar-refractivity contribution in [1.82, 2.24) is 0 Å². The van der Waals surface area contributed by atoms with Crippen LogP contribution >= 0.6 is 0 Å². The summed E-state index contributed by atoms with van der Waals surface area (Å²) < 4.78 is 16.3. The van der Waals surface area contributed by atoms with Gasteiger partial charge < -0.3 is 14.2 Å². The molecule has 0 aliphatic carbocycles. The van der Waals surface area contributed by atoms with Crippen LogP contribution in [0.4, 0.5) is 0 Å². The molecule has 4 nitrogen and oxygen atoms in total. The molecule has 2 aromatic rings. The highest BCUT2D eigenvalue weighted by molar-refractivity contribution is 5.96. The molecule has 2 rings (SSSR count). The number of ether oxygens (including phenoxy) is 3. The van der Waals surface area contributed by atoms with Gasteiger partial charge in [-0.15, -0.1) is 0 Å². The van der Waals surface area contributed by atoms with E-state index < -0.39 is 0 Å². The van der Waals surface area contributed by atoms with Crippen molar-refractivity contribution in [2.24, 2.45) is 0 Å². The number of Topliss-reactive ketones (excluding diaryl/α,β-unsaturated/α-hetero) is 1. The van der Waals surface area contributed by atoms with Crippen LogP contribution in [-0.2, 0) is 0 Å². The van der Waals surface area contributed by atoms with Crippen molar-refractivity contribution in [2.75, 3.05) is 20.3 Å². The number of para-hydroxylation sites is 1. The molecular formula is C17H18O4. The Labute approximate surface area is 124 Å². The first-order valence-corrected chi connectivity index (χ1v) is 6.70. The highest BCUT2D eigenvalue weighted by Gasteiger charge is 2.07. The Morgan fingerprint density at radius 2 is 1.67 bits per heavy atom. The van der Waals surface area contributed by atoms with Crippen molar-refractivity contribution >= 4 is 5.78 Å². The molecule has 0 aromatic heterocycles. The summed E-state index contributed by atoms with van der Waals surface area (Å²) in [5.74, 6) is 2.03. The largest absolute Gasteiger partial charge is 0.497 e. The summed E-state index contributed by atoms with van der Waals surface area (Å²) in [6, 6.07) is 14.6. The van der Waals surface area contributed by atoms with Gasteiger partial charge in [-0.3, -0.25) is 4.79 Å². The molecule has 0 amide bonds. The van der Waals surface area contributed by atoms with Crippen LogP contribution in [-0.4, -0.2) is 26.1 Å². The maximum absolute atomic E-state index is 11.5. The van der Waals surface area contributed by atoms with Crippen molar-refractivity contribution in [1.29, 1.82) is 0 Å². The van der Waals surface area contributed by atoms with Crippen LogP contribution in [0.1, 0.15) is 17.3 Å². The van der Waals surface area contributed by atoms with E-state index in [0.717, 1.165) is 11.5 Å². The summed E-state index contributed by atoms with van der Waals surface area (Å²) in [5, 5.41) is 0. The van der Waals surface area contributed by atoms with Crippen LogP contribution in [0.5, 0.6) is 17.2 Å². The Balaban J connectivity index is 1.86. The van der Waals surface area contributed by atoms with E-state index in [4.69, 9.17) is 14.2 Å². The molecule has 0 atom stereocenters. The number of hydrogen-bond acceptors (Lipinski definition) is 4. The highest BCUT2D eigenvalue weighted by atomic mass is 16.5. The normalized spacial score (nSPS) is 10.0. The third kappa shape index (κ3) is 4.24. The molecule has 0 heterocycles. The Morgan fingerprint density at radius 3 is 2.43 bits per heavy atom. The van der Waals surface area contributed by atoms with E-state index in [1.54, 1.807) is 19.2 Å². The van der Waals surface area contributed by atoms with Gasteiger partial charge in [-0.25, -0.2) is 0 Å². The summed E-state index contributed by atoms with van der Waals surface area (Å²) in [6.45, 7) is 2.27. The third-order valence-electron chi connectivity index (χ3n) is 2.92. The second kappa shape index (κ2) is 7.33. The molecular weight excluding hydrogens is 268 g/mol. The lowest BCUT2D eigenvalue weighted by atomic mass is 10.1. The third-order valence-corrected chi connectivity index (χ3v) is 2.92. The number of carbonyl (C=O) groups excluding carboxylic acids is 1. The number of hydrogen-bond donors (Lipinski definition) is 0. The Bertz CT molecular complexity index is 607. The lowest BCUT2D eigenvalue weighted by molar-refractivity contribution is 0.101. The summed E-state index contributed by atoms with van der Waals surface area (Å²) in [6.07, 6.45) is 0. The SMILES string of the molecule is COc1cccc(OCCOc2ccccc2C(C)=O)c1. The maximum atomic E-state index is 11.5. The van der Waals surface area contributed by atoms with Gasteiger partial charge in [0.15, 0.2) is 5.78 Å². The molecule has 0 N–H and O–H groups in total. The van der Waals surface area contributed by atoms with Gasteiger partial charge in [0.05, 0.1) is 12.7 Å². The minimum absolute atomic E-state index is 0.0145. The predicted molar refractivity (Wildman–Crippen MR) is 80.4 cm³/mol. The van der Waals surface area contributed by atoms with Gasteiger partial charge in [0.1, 0.15) is 30.5 Å². The van der Waals surface area contributed by atoms with Gasteiger partial charge in [0, 0.05) is 6.07 Å². The maximum Gasteiger partial charge on any atom is 0.163 e. The lowest BCUT2D eigenvalue weighted by Gasteiger charge is -2.11. The number of methoxy groups -OCH3 is 1. The van der Waals surface area contributed by atoms with Crippen LogP contribution in [0.15, 0.2) is 48.5 Å². The fourth-order valence-corrected chi connectivity index (χ4v) is 1.89. The number of carbonyl (C=O) groups is 1. The van der Waals surface area contributed by atoms with Gasteiger partial charge in [-0.1, -0.05) is 18.2 Å². The van der Waals surface area contributed by atoms with E-state index in [1.807, 2.05) is 36.4 Å². The fourth-order valence-electron chi connectivity index (χ4n) is 1.89. The Kier molecular flexibility index (Phi) is 5.21. The zero-order valence-corrected chi connectivity index (χ0v) is 12.2. The summed E-state index contributed by atoms with van der Waals surface area (Å²) in [7, 11) is 1.61. The number of benzene rings is 2. The van der Waals surface area contributed by atoms with Crippen molar-refractivity contribution in [3.63, 3.8) is 0 Å². The van der Waals surface area contributed by atoms with E-state index in [0.29, 0.717) is 24.5 Å². The van der Waals surface area contributed by atoms with Crippen molar-refractivity contribution in [2.45, 2.75) is 6.92 Å². The average molecular weight is 286 g/mol. The van der Waals surface area contributed by atoms with Gasteiger partial charge in [-0.2, -0.15) is 0 Å². The van der Waals surface area contributed by atoms with E-state index in [1.165, 1.54) is 6.92 Å². The molecule has 2 aromatic carbocycles. The molecule has 0 bridgehead atoms. The van der Waals surface area contributed by atoms with Crippen molar-refractivity contribution in [3.05, 3.63) is 54.1 Å². The first-order chi connectivity index (χ1) is 10.2. The first kappa shape index (κ1) is 14.9. The molecule has 21 heavy (non-hydrogen) atoms. The van der Waals surface area contributed by atoms with Crippen molar-refractivity contribution in [3.8, 4) is 17.2 Å². The van der Waals surface area contributed by atoms with Gasteiger partial charge in [0.25, 0.3) is 0 Å². The van der Waals surface area contributed by atoms with E-state index in [-0.39, 0.29) is 5.78 Å². The molecule has 0 aliphatic rings. The monoisotopic (exact) mass is 286 g/mol. The zero-order chi connectivity index (χ0) is 15.1. The first-order valence-electron chi connectivity index (χ1n) is 6.70. The average Bonchev–Trinajstić information content (AvgIpc) is 2.52. The molecule has 110 valence electrons. The van der Waals surface area contributed by atoms with Crippen LogP contribution in [0, 0.1) is 0 Å². The smallest absolute Gasteiger partial charge is 0.163 e. The van der Waals surface area contributed by atoms with Crippen LogP contribution < -0.4 is 14.2 Å². The molecule has 0 radical (unpaired) electrons. The molecule has 0 aliphatic heterocycles. The Hall–Kier alpha value is -2.49. The van der Waals surface area contributed by atoms with E-state index >= 15 is 0 Å². The lowest BCUT2D eigenvalue weighted by Crippen LogP contribution is -2.10. The second-order valence-corrected chi connectivity index (χ2v) is 4.43. The van der Waals surface area contributed by atoms with Crippen molar-refractivity contribution < 1.29 is 19.0 Å². The second-order valence-electron chi connectivity index (χ2n) is 4.43. The van der Waals surface area contributed by atoms with Gasteiger partial charge in [0.2, 0.25) is 0 Å². The molecule has 4 heteroatoms. The van der Waals surface area contributed by atoms with E-state index in [9.17, 15) is 4.79 Å². The van der Waals surface area contributed by atoms with E-state index in [2.05, 4.69) is 0 Å². The topological polar surface area (TPSA) is 44.8 Å². The van der Waals surface area contributed by atoms with Gasteiger partial charge >= 0.3 is 0 Å². The zero-order valence-electron chi connectivity index (χ0n) is 12.2. The fraction of sp³-hybridized carbons (Fsp3) is 0.235. The van der Waals surface area contributed by atoms with Gasteiger partial charge in [-0.05, 0) is 31.2 Å². The Morgan fingerprint density at radius 1 is 0.952 bits per heavy atom. The number of ketones is 1.